The molecule has 0 bridgehead atoms. The number of nitrogens with two attached hydrogens (primary N) is 1. The molecule has 1 atom stereocenters. The highest BCUT2D eigenvalue weighted by Gasteiger charge is 2.17. The standard InChI is InChI=1S/C8H13N3O4/c1-14-4-2-3-5(9)7-10-6(8(12)13)11-15-7/h5H,2-4,9H2,1H3,(H,12,13). The second-order valence-corrected chi connectivity index (χ2v) is 3.00. The van der Waals surface area contributed by atoms with Gasteiger partial charge in [-0.15, -0.1) is 0 Å². The summed E-state index contributed by atoms with van der Waals surface area (Å²) < 4.78 is 9.57. The van der Waals surface area contributed by atoms with Crippen LogP contribution in [-0.4, -0.2) is 34.9 Å². The van der Waals surface area contributed by atoms with Gasteiger partial charge in [-0.2, -0.15) is 4.98 Å². The SMILES string of the molecule is COCCCC(N)c1nc(C(=O)O)no1. The van der Waals surface area contributed by atoms with Crippen LogP contribution in [-0.2, 0) is 4.74 Å². The average Bonchev–Trinajstić information content (AvgIpc) is 2.66. The lowest BCUT2D eigenvalue weighted by molar-refractivity contribution is 0.0680. The highest BCUT2D eigenvalue weighted by Crippen LogP contribution is 2.13. The van der Waals surface area contributed by atoms with Crippen LogP contribution in [0.15, 0.2) is 4.52 Å². The summed E-state index contributed by atoms with van der Waals surface area (Å²) in [6.07, 6.45) is 1.36. The van der Waals surface area contributed by atoms with Gasteiger partial charge in [-0.3, -0.25) is 0 Å². The van der Waals surface area contributed by atoms with Crippen LogP contribution < -0.4 is 5.73 Å². The number of aromatic nitrogens is 2. The third-order valence-electron chi connectivity index (χ3n) is 1.81. The highest BCUT2D eigenvalue weighted by atomic mass is 16.5. The molecule has 3 N–H and O–H groups in total. The fraction of sp³-hybridized carbons (Fsp3) is 0.625. The van der Waals surface area contributed by atoms with Gasteiger partial charge in [0, 0.05) is 13.7 Å². The number of nitrogens with zero attached hydrogens (tertiary/aromatic N) is 2. The van der Waals surface area contributed by atoms with Gasteiger partial charge in [-0.05, 0) is 18.0 Å². The van der Waals surface area contributed by atoms with Crippen molar-refractivity contribution in [2.45, 2.75) is 18.9 Å². The largest absolute Gasteiger partial charge is 0.475 e. The minimum absolute atomic E-state index is 0.142. The third-order valence-corrected chi connectivity index (χ3v) is 1.81. The van der Waals surface area contributed by atoms with E-state index in [0.29, 0.717) is 13.0 Å². The fourth-order valence-corrected chi connectivity index (χ4v) is 1.04. The molecule has 0 radical (unpaired) electrons. The molecular formula is C8H13N3O4. The van der Waals surface area contributed by atoms with Crippen molar-refractivity contribution in [2.24, 2.45) is 5.73 Å². The first-order valence-electron chi connectivity index (χ1n) is 4.46. The minimum Gasteiger partial charge on any atom is -0.475 e. The van der Waals surface area contributed by atoms with Gasteiger partial charge < -0.3 is 20.1 Å². The summed E-state index contributed by atoms with van der Waals surface area (Å²) in [4.78, 5) is 14.1. The van der Waals surface area contributed by atoms with E-state index in [1.54, 1.807) is 7.11 Å². The molecule has 1 aromatic heterocycles. The number of rotatable bonds is 6. The molecule has 0 spiro atoms. The smallest absolute Gasteiger partial charge is 0.377 e. The van der Waals surface area contributed by atoms with Gasteiger partial charge in [0.15, 0.2) is 0 Å². The Balaban J connectivity index is 2.50. The molecule has 0 fully saturated rings. The van der Waals surface area contributed by atoms with Gasteiger partial charge in [-0.25, -0.2) is 4.79 Å². The van der Waals surface area contributed by atoms with Crippen molar-refractivity contribution in [3.63, 3.8) is 0 Å². The second-order valence-electron chi connectivity index (χ2n) is 3.00. The first kappa shape index (κ1) is 11.6. The van der Waals surface area contributed by atoms with E-state index in [4.69, 9.17) is 20.1 Å². The summed E-state index contributed by atoms with van der Waals surface area (Å²) in [6.45, 7) is 0.591. The first-order valence-corrected chi connectivity index (χ1v) is 4.46. The van der Waals surface area contributed by atoms with Gasteiger partial charge in [0.2, 0.25) is 5.89 Å². The Kier molecular flexibility index (Phi) is 4.19. The third kappa shape index (κ3) is 3.30. The lowest BCUT2D eigenvalue weighted by Gasteiger charge is -2.04. The summed E-state index contributed by atoms with van der Waals surface area (Å²) in [5.74, 6) is -1.45. The highest BCUT2D eigenvalue weighted by molar-refractivity contribution is 5.82. The van der Waals surface area contributed by atoms with Gasteiger partial charge in [0.1, 0.15) is 0 Å². The van der Waals surface area contributed by atoms with Crippen LogP contribution in [0.1, 0.15) is 35.4 Å². The summed E-state index contributed by atoms with van der Waals surface area (Å²) in [6, 6.07) is -0.444. The number of hydrogen-bond donors (Lipinski definition) is 2. The molecule has 0 aliphatic rings. The predicted octanol–water partition coefficient (Wildman–Crippen LogP) is 0.194. The van der Waals surface area contributed by atoms with Crippen molar-refractivity contribution in [1.82, 2.24) is 10.1 Å². The number of carboxylic acid groups (broad SMARTS) is 1. The van der Waals surface area contributed by atoms with Gasteiger partial charge in [0.05, 0.1) is 6.04 Å². The number of ether oxygens (including phenoxy) is 1. The Labute approximate surface area is 86.2 Å². The Morgan fingerprint density at radius 1 is 1.73 bits per heavy atom. The maximum Gasteiger partial charge on any atom is 0.377 e. The molecular weight excluding hydrogens is 202 g/mol. The molecule has 1 aromatic rings. The predicted molar refractivity (Wildman–Crippen MR) is 49.3 cm³/mol. The van der Waals surface area contributed by atoms with E-state index < -0.39 is 12.0 Å². The second kappa shape index (κ2) is 5.42. The molecule has 0 aliphatic carbocycles. The molecule has 1 heterocycles. The molecule has 15 heavy (non-hydrogen) atoms. The number of carbonyl (C=O) groups is 1. The number of carboxylic acids is 1. The van der Waals surface area contributed by atoms with Crippen LogP contribution in [0.3, 0.4) is 0 Å². The zero-order chi connectivity index (χ0) is 11.3. The van der Waals surface area contributed by atoms with Crippen LogP contribution in [0.2, 0.25) is 0 Å². The van der Waals surface area contributed by atoms with Crippen molar-refractivity contribution in [1.29, 1.82) is 0 Å². The van der Waals surface area contributed by atoms with Gasteiger partial charge in [-0.1, -0.05) is 0 Å². The molecule has 84 valence electrons. The molecule has 7 nitrogen and oxygen atoms in total. The summed E-state index contributed by atoms with van der Waals surface area (Å²) in [5.41, 5.74) is 5.70. The summed E-state index contributed by atoms with van der Waals surface area (Å²) >= 11 is 0. The van der Waals surface area contributed by atoms with Gasteiger partial charge in [0.25, 0.3) is 5.82 Å². The van der Waals surface area contributed by atoms with Crippen molar-refractivity contribution in [3.8, 4) is 0 Å². The monoisotopic (exact) mass is 215 g/mol. The molecule has 0 saturated carbocycles. The van der Waals surface area contributed by atoms with E-state index in [2.05, 4.69) is 10.1 Å². The summed E-state index contributed by atoms with van der Waals surface area (Å²) in [7, 11) is 1.60. The molecule has 0 saturated heterocycles. The van der Waals surface area contributed by atoms with Gasteiger partial charge >= 0.3 is 5.97 Å². The van der Waals surface area contributed by atoms with E-state index in [1.807, 2.05) is 0 Å². The maximum absolute atomic E-state index is 10.5. The minimum atomic E-state index is -1.23. The zero-order valence-corrected chi connectivity index (χ0v) is 8.34. The number of aromatic carboxylic acids is 1. The van der Waals surface area contributed by atoms with Crippen molar-refractivity contribution >= 4 is 5.97 Å². The van der Waals surface area contributed by atoms with E-state index in [0.717, 1.165) is 6.42 Å². The van der Waals surface area contributed by atoms with Crippen molar-refractivity contribution in [3.05, 3.63) is 11.7 Å². The Morgan fingerprint density at radius 3 is 3.00 bits per heavy atom. The number of methoxy groups -OCH3 is 1. The van der Waals surface area contributed by atoms with Crippen LogP contribution in [0.5, 0.6) is 0 Å². The van der Waals surface area contributed by atoms with Crippen molar-refractivity contribution in [2.75, 3.05) is 13.7 Å². The lowest BCUT2D eigenvalue weighted by Crippen LogP contribution is -2.12. The quantitative estimate of drug-likeness (QED) is 0.651. The van der Waals surface area contributed by atoms with Crippen LogP contribution >= 0.6 is 0 Å². The van der Waals surface area contributed by atoms with Crippen LogP contribution in [0, 0.1) is 0 Å². The average molecular weight is 215 g/mol. The van der Waals surface area contributed by atoms with E-state index in [-0.39, 0.29) is 11.7 Å². The normalized spacial score (nSPS) is 12.7. The van der Waals surface area contributed by atoms with Crippen LogP contribution in [0.4, 0.5) is 0 Å². The topological polar surface area (TPSA) is 111 Å². The molecule has 1 unspecified atom stereocenters. The van der Waals surface area contributed by atoms with E-state index in [9.17, 15) is 4.79 Å². The fourth-order valence-electron chi connectivity index (χ4n) is 1.04. The van der Waals surface area contributed by atoms with E-state index >= 15 is 0 Å². The molecule has 0 aliphatic heterocycles. The maximum atomic E-state index is 10.5. The first-order chi connectivity index (χ1) is 7.15. The Hall–Kier alpha value is -1.47. The number of hydrogen-bond acceptors (Lipinski definition) is 6. The van der Waals surface area contributed by atoms with Crippen molar-refractivity contribution < 1.29 is 19.2 Å². The molecule has 1 rings (SSSR count). The Morgan fingerprint density at radius 2 is 2.47 bits per heavy atom. The molecule has 7 heteroatoms. The molecule has 0 amide bonds. The lowest BCUT2D eigenvalue weighted by atomic mass is 10.2. The van der Waals surface area contributed by atoms with Crippen LogP contribution in [0.25, 0.3) is 0 Å². The zero-order valence-electron chi connectivity index (χ0n) is 8.34. The summed E-state index contributed by atoms with van der Waals surface area (Å²) in [5, 5.41) is 11.8. The Bertz CT molecular complexity index is 325. The molecule has 0 aromatic carbocycles. The van der Waals surface area contributed by atoms with E-state index in [1.165, 1.54) is 0 Å².